The second kappa shape index (κ2) is 6.91. The van der Waals surface area contributed by atoms with Gasteiger partial charge in [0, 0.05) is 32.4 Å². The Morgan fingerprint density at radius 1 is 1.35 bits per heavy atom. The first-order valence-corrected chi connectivity index (χ1v) is 8.14. The van der Waals surface area contributed by atoms with E-state index in [9.17, 15) is 4.79 Å². The molecule has 0 aliphatic carbocycles. The number of rotatable bonds is 5. The van der Waals surface area contributed by atoms with Crippen LogP contribution in [0.1, 0.15) is 26.2 Å². The van der Waals surface area contributed by atoms with Gasteiger partial charge < -0.3 is 15.5 Å². The van der Waals surface area contributed by atoms with Crippen LogP contribution in [0.5, 0.6) is 0 Å². The Morgan fingerprint density at radius 3 is 2.87 bits per heavy atom. The normalized spacial score (nSPS) is 16.8. The van der Waals surface area contributed by atoms with Gasteiger partial charge in [-0.05, 0) is 12.5 Å². The Morgan fingerprint density at radius 2 is 2.13 bits per heavy atom. The number of unbranched alkanes of at least 4 members (excludes halogenated alkanes) is 1. The lowest BCUT2D eigenvalue weighted by atomic mass is 10.1. The van der Waals surface area contributed by atoms with E-state index in [0.29, 0.717) is 18.9 Å². The van der Waals surface area contributed by atoms with Crippen LogP contribution in [0.4, 0.5) is 5.82 Å². The lowest BCUT2D eigenvalue weighted by Gasteiger charge is -2.37. The first kappa shape index (κ1) is 15.7. The second-order valence-electron chi connectivity index (χ2n) is 5.87. The van der Waals surface area contributed by atoms with E-state index in [4.69, 9.17) is 5.73 Å². The van der Waals surface area contributed by atoms with Gasteiger partial charge >= 0.3 is 0 Å². The molecule has 0 saturated carbocycles. The van der Waals surface area contributed by atoms with Gasteiger partial charge in [0.1, 0.15) is 12.1 Å². The number of piperazine rings is 1. The lowest BCUT2D eigenvalue weighted by molar-refractivity contribution is -0.133. The van der Waals surface area contributed by atoms with Crippen LogP contribution >= 0.6 is 0 Å². The van der Waals surface area contributed by atoms with E-state index in [1.54, 1.807) is 12.5 Å². The molecule has 0 aromatic carbocycles. The molecule has 3 heterocycles. The van der Waals surface area contributed by atoms with Crippen LogP contribution in [0, 0.1) is 0 Å². The number of carbonyl (C=O) groups excluding carboxylic acids is 1. The Hall–Kier alpha value is -2.22. The average Bonchev–Trinajstić information content (AvgIpc) is 3.08. The highest BCUT2D eigenvalue weighted by Crippen LogP contribution is 2.17. The molecular formula is C15H23N7O. The van der Waals surface area contributed by atoms with Crippen LogP contribution in [0.25, 0.3) is 5.78 Å². The fourth-order valence-corrected chi connectivity index (χ4v) is 2.93. The van der Waals surface area contributed by atoms with Crippen molar-refractivity contribution in [2.45, 2.75) is 32.2 Å². The summed E-state index contributed by atoms with van der Waals surface area (Å²) in [4.78, 5) is 20.6. The van der Waals surface area contributed by atoms with E-state index < -0.39 is 0 Å². The zero-order valence-corrected chi connectivity index (χ0v) is 13.4. The van der Waals surface area contributed by atoms with E-state index in [2.05, 4.69) is 27.0 Å². The van der Waals surface area contributed by atoms with Crippen molar-refractivity contribution in [3.05, 3.63) is 18.6 Å². The van der Waals surface area contributed by atoms with Crippen LogP contribution < -0.4 is 10.6 Å². The van der Waals surface area contributed by atoms with Crippen molar-refractivity contribution in [2.24, 2.45) is 5.73 Å². The summed E-state index contributed by atoms with van der Waals surface area (Å²) in [6, 6.07) is 1.58. The standard InChI is InChI=1S/C15H23N7O/c1-2-3-4-12(16)14(23)21-9-7-20(8-10-21)13-5-6-17-15-19-18-11-22(13)15/h5-6,11-12H,2-4,7-10,16H2,1H3/t12-/m1/s1. The molecule has 23 heavy (non-hydrogen) atoms. The zero-order chi connectivity index (χ0) is 16.2. The van der Waals surface area contributed by atoms with Crippen molar-refractivity contribution in [3.63, 3.8) is 0 Å². The van der Waals surface area contributed by atoms with Gasteiger partial charge in [-0.25, -0.2) is 4.98 Å². The van der Waals surface area contributed by atoms with Crippen LogP contribution in [0.3, 0.4) is 0 Å². The van der Waals surface area contributed by atoms with Gasteiger partial charge in [-0.3, -0.25) is 9.20 Å². The molecule has 1 amide bonds. The molecule has 0 bridgehead atoms. The quantitative estimate of drug-likeness (QED) is 0.852. The van der Waals surface area contributed by atoms with E-state index in [1.807, 2.05) is 15.4 Å². The first-order chi connectivity index (χ1) is 11.2. The monoisotopic (exact) mass is 317 g/mol. The lowest BCUT2D eigenvalue weighted by Crippen LogP contribution is -2.53. The SMILES string of the molecule is CCCC[C@@H](N)C(=O)N1CCN(c2ccnc3nncn23)CC1. The molecule has 3 rings (SSSR count). The first-order valence-electron chi connectivity index (χ1n) is 8.14. The number of nitrogens with zero attached hydrogens (tertiary/aromatic N) is 6. The summed E-state index contributed by atoms with van der Waals surface area (Å²) in [6.07, 6.45) is 6.22. The van der Waals surface area contributed by atoms with Crippen LogP contribution in [0.2, 0.25) is 0 Å². The van der Waals surface area contributed by atoms with Crippen molar-refractivity contribution in [2.75, 3.05) is 31.1 Å². The molecule has 1 saturated heterocycles. The number of aromatic nitrogens is 4. The maximum Gasteiger partial charge on any atom is 0.256 e. The van der Waals surface area contributed by atoms with Crippen LogP contribution in [-0.2, 0) is 4.79 Å². The van der Waals surface area contributed by atoms with Crippen molar-refractivity contribution in [3.8, 4) is 0 Å². The average molecular weight is 317 g/mol. The number of hydrogen-bond donors (Lipinski definition) is 1. The van der Waals surface area contributed by atoms with Crippen LogP contribution in [0.15, 0.2) is 18.6 Å². The number of nitrogens with two attached hydrogens (primary N) is 1. The Kier molecular flexibility index (Phi) is 4.71. The highest BCUT2D eigenvalue weighted by atomic mass is 16.2. The summed E-state index contributed by atoms with van der Waals surface area (Å²) in [7, 11) is 0. The molecule has 2 aromatic heterocycles. The molecular weight excluding hydrogens is 294 g/mol. The van der Waals surface area contributed by atoms with E-state index in [-0.39, 0.29) is 11.9 Å². The number of anilines is 1. The third-order valence-electron chi connectivity index (χ3n) is 4.29. The van der Waals surface area contributed by atoms with Crippen molar-refractivity contribution < 1.29 is 4.79 Å². The summed E-state index contributed by atoms with van der Waals surface area (Å²) in [6.45, 7) is 5.01. The topological polar surface area (TPSA) is 92.7 Å². The minimum absolute atomic E-state index is 0.0715. The number of amides is 1. The molecule has 8 heteroatoms. The Labute approximate surface area is 135 Å². The number of fused-ring (bicyclic) bond motifs is 1. The number of carbonyl (C=O) groups is 1. The molecule has 1 aliphatic heterocycles. The zero-order valence-electron chi connectivity index (χ0n) is 13.4. The third kappa shape index (κ3) is 3.26. The maximum atomic E-state index is 12.4. The predicted octanol–water partition coefficient (Wildman–Crippen LogP) is 0.290. The molecule has 0 spiro atoms. The largest absolute Gasteiger partial charge is 0.354 e. The van der Waals surface area contributed by atoms with Gasteiger partial charge in [-0.1, -0.05) is 19.8 Å². The molecule has 0 unspecified atom stereocenters. The van der Waals surface area contributed by atoms with Gasteiger partial charge in [0.05, 0.1) is 6.04 Å². The van der Waals surface area contributed by atoms with Crippen molar-refractivity contribution >= 4 is 17.5 Å². The molecule has 1 aliphatic rings. The fraction of sp³-hybridized carbons (Fsp3) is 0.600. The van der Waals surface area contributed by atoms with Gasteiger partial charge in [-0.2, -0.15) is 0 Å². The summed E-state index contributed by atoms with van der Waals surface area (Å²) in [5.74, 6) is 1.66. The molecule has 1 fully saturated rings. The maximum absolute atomic E-state index is 12.4. The molecule has 0 radical (unpaired) electrons. The molecule has 2 N–H and O–H groups in total. The molecule has 8 nitrogen and oxygen atoms in total. The Bertz CT molecular complexity index is 663. The summed E-state index contributed by atoms with van der Waals surface area (Å²) in [5.41, 5.74) is 6.01. The third-order valence-corrected chi connectivity index (χ3v) is 4.29. The van der Waals surface area contributed by atoms with Gasteiger partial charge in [0.15, 0.2) is 0 Å². The summed E-state index contributed by atoms with van der Waals surface area (Å²) in [5, 5.41) is 7.86. The van der Waals surface area contributed by atoms with Gasteiger partial charge in [0.2, 0.25) is 5.91 Å². The van der Waals surface area contributed by atoms with Gasteiger partial charge in [-0.15, -0.1) is 10.2 Å². The minimum Gasteiger partial charge on any atom is -0.354 e. The highest BCUT2D eigenvalue weighted by Gasteiger charge is 2.25. The van der Waals surface area contributed by atoms with Crippen molar-refractivity contribution in [1.82, 2.24) is 24.5 Å². The fourth-order valence-electron chi connectivity index (χ4n) is 2.93. The second-order valence-corrected chi connectivity index (χ2v) is 5.87. The Balaban J connectivity index is 1.62. The molecule has 2 aromatic rings. The van der Waals surface area contributed by atoms with Gasteiger partial charge in [0.25, 0.3) is 5.78 Å². The van der Waals surface area contributed by atoms with Crippen molar-refractivity contribution in [1.29, 1.82) is 0 Å². The molecule has 124 valence electrons. The highest BCUT2D eigenvalue weighted by molar-refractivity contribution is 5.81. The van der Waals surface area contributed by atoms with E-state index in [0.717, 1.165) is 38.2 Å². The summed E-state index contributed by atoms with van der Waals surface area (Å²) < 4.78 is 1.87. The van der Waals surface area contributed by atoms with E-state index >= 15 is 0 Å². The van der Waals surface area contributed by atoms with E-state index in [1.165, 1.54) is 0 Å². The minimum atomic E-state index is -0.369. The smallest absolute Gasteiger partial charge is 0.256 e. The number of hydrogen-bond acceptors (Lipinski definition) is 6. The predicted molar refractivity (Wildman–Crippen MR) is 87.1 cm³/mol. The van der Waals surface area contributed by atoms with Crippen LogP contribution in [-0.4, -0.2) is 62.6 Å². The molecule has 1 atom stereocenters. The summed E-state index contributed by atoms with van der Waals surface area (Å²) >= 11 is 0.